The lowest BCUT2D eigenvalue weighted by molar-refractivity contribution is -0.148. The lowest BCUT2D eigenvalue weighted by atomic mass is 9.77. The molecule has 3 rings (SSSR count). The van der Waals surface area contributed by atoms with Crippen molar-refractivity contribution in [1.82, 2.24) is 4.90 Å². The lowest BCUT2D eigenvalue weighted by Gasteiger charge is -2.31. The van der Waals surface area contributed by atoms with Crippen LogP contribution in [0.3, 0.4) is 0 Å². The second-order valence-electron chi connectivity index (χ2n) is 9.67. The van der Waals surface area contributed by atoms with E-state index in [1.165, 1.54) is 11.1 Å². The second kappa shape index (κ2) is 7.51. The molecule has 0 unspecified atom stereocenters. The molecule has 0 aromatic rings. The van der Waals surface area contributed by atoms with Crippen LogP contribution in [0.4, 0.5) is 0 Å². The molecular formula is C23H33NO4. The Balaban J connectivity index is 1.62. The minimum atomic E-state index is -0.939. The third-order valence-corrected chi connectivity index (χ3v) is 6.18. The number of rotatable bonds is 8. The summed E-state index contributed by atoms with van der Waals surface area (Å²) in [5, 5.41) is 9.57. The molecule has 154 valence electrons. The Morgan fingerprint density at radius 2 is 2.07 bits per heavy atom. The number of carboxylic acids is 1. The highest BCUT2D eigenvalue weighted by Gasteiger charge is 2.67. The molecule has 5 heteroatoms. The molecule has 1 spiro atoms. The van der Waals surface area contributed by atoms with Gasteiger partial charge in [-0.05, 0) is 45.4 Å². The second-order valence-corrected chi connectivity index (χ2v) is 9.67. The van der Waals surface area contributed by atoms with E-state index in [0.717, 1.165) is 19.3 Å². The van der Waals surface area contributed by atoms with E-state index in [1.807, 2.05) is 17.1 Å². The van der Waals surface area contributed by atoms with E-state index in [9.17, 15) is 14.7 Å². The zero-order valence-corrected chi connectivity index (χ0v) is 17.7. The summed E-state index contributed by atoms with van der Waals surface area (Å²) >= 11 is 0. The molecule has 1 amide bonds. The largest absolute Gasteiger partial charge is 0.481 e. The lowest BCUT2D eigenvalue weighted by Crippen LogP contribution is -2.40. The predicted octanol–water partition coefficient (Wildman–Crippen LogP) is 3.96. The number of fused-ring (bicyclic) bond motifs is 1. The zero-order chi connectivity index (χ0) is 20.7. The molecule has 0 aromatic carbocycles. The molecular weight excluding hydrogens is 354 g/mol. The highest BCUT2D eigenvalue weighted by atomic mass is 16.5. The summed E-state index contributed by atoms with van der Waals surface area (Å²) in [4.78, 5) is 26.5. The van der Waals surface area contributed by atoms with Crippen LogP contribution in [0.5, 0.6) is 0 Å². The van der Waals surface area contributed by atoms with Crippen LogP contribution in [0, 0.1) is 17.3 Å². The average molecular weight is 388 g/mol. The molecule has 0 radical (unpaired) electrons. The van der Waals surface area contributed by atoms with Crippen LogP contribution in [-0.2, 0) is 14.3 Å². The van der Waals surface area contributed by atoms with Gasteiger partial charge < -0.3 is 14.7 Å². The van der Waals surface area contributed by atoms with Crippen LogP contribution in [0.1, 0.15) is 53.9 Å². The molecule has 4 atom stereocenters. The van der Waals surface area contributed by atoms with E-state index < -0.39 is 29.5 Å². The first-order chi connectivity index (χ1) is 13.0. The van der Waals surface area contributed by atoms with E-state index >= 15 is 0 Å². The van der Waals surface area contributed by atoms with E-state index in [2.05, 4.69) is 46.8 Å². The van der Waals surface area contributed by atoms with Gasteiger partial charge in [0.25, 0.3) is 0 Å². The minimum absolute atomic E-state index is 0.0726. The van der Waals surface area contributed by atoms with Gasteiger partial charge in [-0.15, -0.1) is 0 Å². The maximum Gasteiger partial charge on any atom is 0.310 e. The van der Waals surface area contributed by atoms with Crippen molar-refractivity contribution in [2.24, 2.45) is 17.3 Å². The van der Waals surface area contributed by atoms with Crippen LogP contribution >= 0.6 is 0 Å². The van der Waals surface area contributed by atoms with E-state index in [0.29, 0.717) is 13.1 Å². The summed E-state index contributed by atoms with van der Waals surface area (Å²) in [5.41, 5.74) is 1.89. The molecule has 2 saturated heterocycles. The first-order valence-corrected chi connectivity index (χ1v) is 10.2. The molecule has 0 aromatic heterocycles. The van der Waals surface area contributed by atoms with Crippen LogP contribution in [0.25, 0.3) is 0 Å². The molecule has 0 aliphatic carbocycles. The molecule has 5 nitrogen and oxygen atoms in total. The van der Waals surface area contributed by atoms with E-state index in [4.69, 9.17) is 4.74 Å². The SMILES string of the molecule is CC(C)=CCC/C(C)=C\CC(C)(C)CN1C[C@@]23C=C[C@@H](O2)[C@H](C(=O)O)[C@@H]3C1=O. The number of amides is 1. The number of carboxylic acid groups (broad SMARTS) is 1. The van der Waals surface area contributed by atoms with Gasteiger partial charge in [0.1, 0.15) is 11.5 Å². The van der Waals surface area contributed by atoms with Gasteiger partial charge in [-0.3, -0.25) is 9.59 Å². The number of aliphatic carboxylic acids is 1. The Morgan fingerprint density at radius 1 is 1.36 bits per heavy atom. The van der Waals surface area contributed by atoms with E-state index in [1.54, 1.807) is 0 Å². The minimum Gasteiger partial charge on any atom is -0.481 e. The molecule has 3 aliphatic heterocycles. The van der Waals surface area contributed by atoms with Crippen molar-refractivity contribution in [1.29, 1.82) is 0 Å². The summed E-state index contributed by atoms with van der Waals surface area (Å²) in [5.74, 6) is -2.36. The Morgan fingerprint density at radius 3 is 2.71 bits per heavy atom. The van der Waals surface area contributed by atoms with Gasteiger partial charge in [0.2, 0.25) is 5.91 Å². The number of likely N-dealkylation sites (tertiary alicyclic amines) is 1. The van der Waals surface area contributed by atoms with E-state index in [-0.39, 0.29) is 11.3 Å². The first-order valence-electron chi connectivity index (χ1n) is 10.2. The molecule has 0 saturated carbocycles. The summed E-state index contributed by atoms with van der Waals surface area (Å²) in [6.45, 7) is 11.8. The third-order valence-electron chi connectivity index (χ3n) is 6.18. The summed E-state index contributed by atoms with van der Waals surface area (Å²) in [6, 6.07) is 0. The number of hydrogen-bond donors (Lipinski definition) is 1. The number of hydrogen-bond acceptors (Lipinski definition) is 3. The van der Waals surface area contributed by atoms with Crippen molar-refractivity contribution in [3.8, 4) is 0 Å². The van der Waals surface area contributed by atoms with Crippen LogP contribution < -0.4 is 0 Å². The van der Waals surface area contributed by atoms with Crippen LogP contribution in [-0.4, -0.2) is 46.7 Å². The maximum absolute atomic E-state index is 13.0. The normalized spacial score (nSPS) is 31.5. The monoisotopic (exact) mass is 387 g/mol. The van der Waals surface area contributed by atoms with Crippen molar-refractivity contribution in [2.45, 2.75) is 65.6 Å². The number of ether oxygens (including phenoxy) is 1. The van der Waals surface area contributed by atoms with Gasteiger partial charge in [0.15, 0.2) is 0 Å². The van der Waals surface area contributed by atoms with Crippen molar-refractivity contribution in [3.05, 3.63) is 35.5 Å². The number of carbonyl (C=O) groups is 2. The molecule has 3 heterocycles. The van der Waals surface area contributed by atoms with Gasteiger partial charge in [-0.2, -0.15) is 0 Å². The summed E-state index contributed by atoms with van der Waals surface area (Å²) in [6.07, 6.45) is 10.8. The third kappa shape index (κ3) is 3.95. The fourth-order valence-electron chi connectivity index (χ4n) is 4.72. The standard InChI is InChI=1S/C23H33NO4/c1-15(2)7-6-8-16(3)9-11-22(4,5)13-24-14-23-12-10-17(28-23)18(21(26)27)19(23)20(24)25/h7,9-10,12,17-19H,6,8,11,13-14H2,1-5H3,(H,26,27)/b16-9-/t17-,18+,19-,23-/m1/s1. The number of nitrogens with zero attached hydrogens (tertiary/aromatic N) is 1. The molecule has 2 bridgehead atoms. The van der Waals surface area contributed by atoms with Crippen molar-refractivity contribution < 1.29 is 19.4 Å². The Bertz CT molecular complexity index is 744. The van der Waals surface area contributed by atoms with Crippen LogP contribution in [0.2, 0.25) is 0 Å². The van der Waals surface area contributed by atoms with Gasteiger partial charge in [0, 0.05) is 6.54 Å². The molecule has 28 heavy (non-hydrogen) atoms. The first kappa shape index (κ1) is 20.8. The molecule has 1 N–H and O–H groups in total. The highest BCUT2D eigenvalue weighted by Crippen LogP contribution is 2.52. The van der Waals surface area contributed by atoms with Gasteiger partial charge >= 0.3 is 5.97 Å². The smallest absolute Gasteiger partial charge is 0.310 e. The molecule has 2 fully saturated rings. The fourth-order valence-corrected chi connectivity index (χ4v) is 4.72. The fraction of sp³-hybridized carbons (Fsp3) is 0.652. The number of carbonyl (C=O) groups excluding carboxylic acids is 1. The highest BCUT2D eigenvalue weighted by molar-refractivity contribution is 5.90. The summed E-state index contributed by atoms with van der Waals surface area (Å²) < 4.78 is 5.96. The van der Waals surface area contributed by atoms with Gasteiger partial charge in [0.05, 0.1) is 18.6 Å². The topological polar surface area (TPSA) is 66.8 Å². The Kier molecular flexibility index (Phi) is 5.59. The van der Waals surface area contributed by atoms with Gasteiger partial charge in [-0.1, -0.05) is 49.3 Å². The Labute approximate surface area is 168 Å². The Hall–Kier alpha value is -1.88. The average Bonchev–Trinajstić information content (AvgIpc) is 3.21. The van der Waals surface area contributed by atoms with Crippen LogP contribution in [0.15, 0.2) is 35.5 Å². The van der Waals surface area contributed by atoms with Crippen molar-refractivity contribution in [3.63, 3.8) is 0 Å². The van der Waals surface area contributed by atoms with Gasteiger partial charge in [-0.25, -0.2) is 0 Å². The quantitative estimate of drug-likeness (QED) is 0.640. The number of allylic oxidation sites excluding steroid dienone is 4. The van der Waals surface area contributed by atoms with Crippen molar-refractivity contribution in [2.75, 3.05) is 13.1 Å². The zero-order valence-electron chi connectivity index (χ0n) is 17.7. The molecule has 3 aliphatic rings. The predicted molar refractivity (Wildman–Crippen MR) is 109 cm³/mol. The van der Waals surface area contributed by atoms with Crippen molar-refractivity contribution >= 4 is 11.9 Å². The maximum atomic E-state index is 13.0. The summed E-state index contributed by atoms with van der Waals surface area (Å²) in [7, 11) is 0.